The first kappa shape index (κ1) is 14.9. The fourth-order valence-corrected chi connectivity index (χ4v) is 3.52. The van der Waals surface area contributed by atoms with Gasteiger partial charge in [0.15, 0.2) is 0 Å². The number of piperazine rings is 1. The smallest absolute Gasteiger partial charge is 0.112 e. The highest BCUT2D eigenvalue weighted by Gasteiger charge is 2.15. The molecule has 3 nitrogen and oxygen atoms in total. The molecule has 1 saturated heterocycles. The van der Waals surface area contributed by atoms with Crippen LogP contribution < -0.4 is 0 Å². The molecule has 1 aliphatic rings. The second kappa shape index (κ2) is 6.39. The van der Waals surface area contributed by atoms with Gasteiger partial charge in [0.25, 0.3) is 0 Å². The number of likely N-dealkylation sites (N-methyl/N-ethyl adjacent to an activating group) is 1. The molecule has 0 saturated carbocycles. The average Bonchev–Trinajstić information content (AvgIpc) is 2.75. The third-order valence-electron chi connectivity index (χ3n) is 4.63. The number of halogens is 1. The maximum absolute atomic E-state index is 6.52. The zero-order chi connectivity index (χ0) is 14.8. The molecule has 0 spiro atoms. The van der Waals surface area contributed by atoms with E-state index in [1.807, 2.05) is 0 Å². The third-order valence-corrected chi connectivity index (χ3v) is 5.11. The quantitative estimate of drug-likeness (QED) is 0.860. The molecule has 1 aliphatic heterocycles. The summed E-state index contributed by atoms with van der Waals surface area (Å²) in [5.41, 5.74) is 2.54. The van der Waals surface area contributed by atoms with Gasteiger partial charge in [-0.25, -0.2) is 0 Å². The molecule has 0 bridgehead atoms. The summed E-state index contributed by atoms with van der Waals surface area (Å²) in [5, 5.41) is 2.21. The summed E-state index contributed by atoms with van der Waals surface area (Å²) in [7, 11) is 4.25. The number of aromatic nitrogens is 1. The van der Waals surface area contributed by atoms with Crippen LogP contribution in [0.1, 0.15) is 12.0 Å². The van der Waals surface area contributed by atoms with E-state index in [4.69, 9.17) is 11.6 Å². The molecule has 0 amide bonds. The van der Waals surface area contributed by atoms with Crippen molar-refractivity contribution < 1.29 is 0 Å². The number of hydrogen-bond acceptors (Lipinski definition) is 2. The molecular formula is C17H24ClN3. The number of aryl methyl sites for hydroxylation is 2. The summed E-state index contributed by atoms with van der Waals surface area (Å²) in [6, 6.07) is 8.51. The van der Waals surface area contributed by atoms with Crippen molar-refractivity contribution in [1.29, 1.82) is 0 Å². The number of rotatable bonds is 4. The van der Waals surface area contributed by atoms with Gasteiger partial charge >= 0.3 is 0 Å². The monoisotopic (exact) mass is 305 g/mol. The summed E-state index contributed by atoms with van der Waals surface area (Å²) >= 11 is 6.52. The summed E-state index contributed by atoms with van der Waals surface area (Å²) in [6.07, 6.45) is 2.24. The van der Waals surface area contributed by atoms with Crippen LogP contribution in [0.3, 0.4) is 0 Å². The first-order valence-corrected chi connectivity index (χ1v) is 8.17. The van der Waals surface area contributed by atoms with Crippen LogP contribution in [-0.2, 0) is 13.5 Å². The van der Waals surface area contributed by atoms with Gasteiger partial charge in [-0.1, -0.05) is 29.8 Å². The first-order valence-electron chi connectivity index (χ1n) is 7.79. The maximum atomic E-state index is 6.52. The van der Waals surface area contributed by atoms with E-state index in [-0.39, 0.29) is 0 Å². The molecular weight excluding hydrogens is 282 g/mol. The Morgan fingerprint density at radius 2 is 1.76 bits per heavy atom. The molecule has 4 heteroatoms. The van der Waals surface area contributed by atoms with Crippen molar-refractivity contribution in [2.75, 3.05) is 39.8 Å². The number of fused-ring (bicyclic) bond motifs is 1. The van der Waals surface area contributed by atoms with Gasteiger partial charge in [0.05, 0.1) is 0 Å². The van der Waals surface area contributed by atoms with E-state index in [9.17, 15) is 0 Å². The predicted molar refractivity (Wildman–Crippen MR) is 90.2 cm³/mol. The van der Waals surface area contributed by atoms with Gasteiger partial charge in [0.1, 0.15) is 5.15 Å². The lowest BCUT2D eigenvalue weighted by atomic mass is 10.1. The van der Waals surface area contributed by atoms with Crippen molar-refractivity contribution in [2.24, 2.45) is 7.05 Å². The van der Waals surface area contributed by atoms with E-state index in [1.54, 1.807) is 0 Å². The number of nitrogens with zero attached hydrogens (tertiary/aromatic N) is 3. The Morgan fingerprint density at radius 3 is 2.52 bits per heavy atom. The van der Waals surface area contributed by atoms with Crippen LogP contribution in [0.25, 0.3) is 10.9 Å². The molecule has 2 aromatic rings. The van der Waals surface area contributed by atoms with Gasteiger partial charge in [-0.05, 0) is 38.1 Å². The summed E-state index contributed by atoms with van der Waals surface area (Å²) in [4.78, 5) is 4.97. The molecule has 1 aromatic heterocycles. The largest absolute Gasteiger partial charge is 0.335 e. The van der Waals surface area contributed by atoms with Crippen LogP contribution in [-0.4, -0.2) is 54.1 Å². The fraction of sp³-hybridized carbons (Fsp3) is 0.529. The van der Waals surface area contributed by atoms with Crippen LogP contribution in [0, 0.1) is 0 Å². The van der Waals surface area contributed by atoms with Gasteiger partial charge < -0.3 is 14.4 Å². The highest BCUT2D eigenvalue weighted by molar-refractivity contribution is 6.32. The van der Waals surface area contributed by atoms with Gasteiger partial charge in [-0.3, -0.25) is 0 Å². The van der Waals surface area contributed by atoms with Crippen molar-refractivity contribution in [2.45, 2.75) is 12.8 Å². The van der Waals surface area contributed by atoms with Gasteiger partial charge in [0, 0.05) is 44.1 Å². The number of hydrogen-bond donors (Lipinski definition) is 0. The summed E-state index contributed by atoms with van der Waals surface area (Å²) in [5.74, 6) is 0. The number of benzene rings is 1. The van der Waals surface area contributed by atoms with Crippen molar-refractivity contribution >= 4 is 22.5 Å². The van der Waals surface area contributed by atoms with Crippen molar-refractivity contribution in [3.8, 4) is 0 Å². The van der Waals surface area contributed by atoms with E-state index in [0.29, 0.717) is 0 Å². The van der Waals surface area contributed by atoms with E-state index >= 15 is 0 Å². The van der Waals surface area contributed by atoms with Crippen molar-refractivity contribution in [3.05, 3.63) is 35.0 Å². The van der Waals surface area contributed by atoms with E-state index in [0.717, 1.165) is 11.6 Å². The molecule has 114 valence electrons. The minimum absolute atomic E-state index is 0.898. The SMILES string of the molecule is CN1CCN(CCCc2c(Cl)n(C)c3ccccc23)CC1. The second-order valence-corrected chi connectivity index (χ2v) is 6.45. The first-order chi connectivity index (χ1) is 10.2. The topological polar surface area (TPSA) is 11.4 Å². The van der Waals surface area contributed by atoms with Crippen LogP contribution in [0.5, 0.6) is 0 Å². The Morgan fingerprint density at radius 1 is 1.05 bits per heavy atom. The Kier molecular flexibility index (Phi) is 4.53. The highest BCUT2D eigenvalue weighted by Crippen LogP contribution is 2.29. The molecule has 1 fully saturated rings. The molecule has 0 radical (unpaired) electrons. The zero-order valence-corrected chi connectivity index (χ0v) is 13.7. The molecule has 0 aliphatic carbocycles. The fourth-order valence-electron chi connectivity index (χ4n) is 3.23. The number of para-hydroxylation sites is 1. The summed E-state index contributed by atoms with van der Waals surface area (Å²) < 4.78 is 2.10. The van der Waals surface area contributed by atoms with Gasteiger partial charge in [-0.15, -0.1) is 0 Å². The second-order valence-electron chi connectivity index (χ2n) is 6.09. The molecule has 0 N–H and O–H groups in total. The van der Waals surface area contributed by atoms with Gasteiger partial charge in [-0.2, -0.15) is 0 Å². The standard InChI is InChI=1S/C17H24ClN3/c1-19-10-12-21(13-11-19)9-5-7-15-14-6-3-4-8-16(14)20(2)17(15)18/h3-4,6,8H,5,7,9-13H2,1-2H3. The normalized spacial score (nSPS) is 17.7. The third kappa shape index (κ3) is 3.10. The molecule has 1 aromatic carbocycles. The minimum atomic E-state index is 0.898. The van der Waals surface area contributed by atoms with Crippen LogP contribution >= 0.6 is 11.6 Å². The zero-order valence-electron chi connectivity index (χ0n) is 13.0. The van der Waals surface area contributed by atoms with Crippen LogP contribution in [0.4, 0.5) is 0 Å². The van der Waals surface area contributed by atoms with E-state index < -0.39 is 0 Å². The Balaban J connectivity index is 1.64. The lowest BCUT2D eigenvalue weighted by Crippen LogP contribution is -2.44. The minimum Gasteiger partial charge on any atom is -0.335 e. The van der Waals surface area contributed by atoms with Crippen LogP contribution in [0.15, 0.2) is 24.3 Å². The Hall–Kier alpha value is -1.03. The molecule has 2 heterocycles. The molecule has 3 rings (SSSR count). The van der Waals surface area contributed by atoms with Crippen molar-refractivity contribution in [3.63, 3.8) is 0 Å². The summed E-state index contributed by atoms with van der Waals surface area (Å²) in [6.45, 7) is 5.94. The van der Waals surface area contributed by atoms with E-state index in [2.05, 4.69) is 52.7 Å². The van der Waals surface area contributed by atoms with E-state index in [1.165, 1.54) is 55.6 Å². The van der Waals surface area contributed by atoms with Crippen LogP contribution in [0.2, 0.25) is 5.15 Å². The molecule has 0 atom stereocenters. The highest BCUT2D eigenvalue weighted by atomic mass is 35.5. The molecule has 21 heavy (non-hydrogen) atoms. The Bertz CT molecular complexity index is 612. The van der Waals surface area contributed by atoms with Crippen molar-refractivity contribution in [1.82, 2.24) is 14.4 Å². The Labute approximate surface area is 132 Å². The van der Waals surface area contributed by atoms with Gasteiger partial charge in [0.2, 0.25) is 0 Å². The lowest BCUT2D eigenvalue weighted by Gasteiger charge is -2.32. The molecule has 0 unspecified atom stereocenters. The lowest BCUT2D eigenvalue weighted by molar-refractivity contribution is 0.153. The maximum Gasteiger partial charge on any atom is 0.112 e. The average molecular weight is 306 g/mol. The predicted octanol–water partition coefficient (Wildman–Crippen LogP) is 3.01.